The summed E-state index contributed by atoms with van der Waals surface area (Å²) >= 11 is 7.27. The van der Waals surface area contributed by atoms with Crippen LogP contribution < -0.4 is 4.90 Å². The molecule has 2 atom stereocenters. The van der Waals surface area contributed by atoms with Gasteiger partial charge in [-0.1, -0.05) is 41.9 Å². The van der Waals surface area contributed by atoms with Crippen molar-refractivity contribution in [3.63, 3.8) is 0 Å². The fourth-order valence-corrected chi connectivity index (χ4v) is 4.32. The lowest BCUT2D eigenvalue weighted by Gasteiger charge is -2.41. The van der Waals surface area contributed by atoms with Gasteiger partial charge in [-0.3, -0.25) is 4.79 Å². The number of para-hydroxylation sites is 1. The highest BCUT2D eigenvalue weighted by Gasteiger charge is 2.48. The lowest BCUT2D eigenvalue weighted by Crippen LogP contribution is -2.61. The minimum atomic E-state index is -0.602. The fraction of sp³-hybridized carbons (Fsp3) is 0.158. The Morgan fingerprint density at radius 1 is 1.08 bits per heavy atom. The van der Waals surface area contributed by atoms with Crippen molar-refractivity contribution in [3.05, 3.63) is 76.4 Å². The van der Waals surface area contributed by atoms with Crippen molar-refractivity contribution in [2.75, 3.05) is 4.90 Å². The zero-order valence-corrected chi connectivity index (χ0v) is 15.1. The predicted octanol–water partition coefficient (Wildman–Crippen LogP) is 4.45. The summed E-state index contributed by atoms with van der Waals surface area (Å²) < 4.78 is 14.3. The molecule has 1 fully saturated rings. The molecule has 3 amide bonds. The van der Waals surface area contributed by atoms with E-state index in [0.717, 1.165) is 10.5 Å². The maximum atomic E-state index is 14.3. The second-order valence-electron chi connectivity index (χ2n) is 6.04. The number of amides is 3. The molecule has 0 saturated carbocycles. The van der Waals surface area contributed by atoms with Gasteiger partial charge in [0.25, 0.3) is 5.91 Å². The van der Waals surface area contributed by atoms with Crippen molar-refractivity contribution in [2.45, 2.75) is 17.8 Å². The first kappa shape index (κ1) is 17.1. The highest BCUT2D eigenvalue weighted by Crippen LogP contribution is 2.37. The molecule has 4 rings (SSSR count). The maximum absolute atomic E-state index is 14.3. The second-order valence-corrected chi connectivity index (χ2v) is 7.53. The minimum Gasteiger partial charge on any atom is -0.312 e. The first-order valence-corrected chi connectivity index (χ1v) is 9.34. The zero-order valence-electron chi connectivity index (χ0n) is 13.5. The number of thioether (sulfide) groups is 1. The fourth-order valence-electron chi connectivity index (χ4n) is 3.16. The molecule has 2 aliphatic heterocycles. The molecule has 1 saturated heterocycles. The van der Waals surface area contributed by atoms with E-state index in [2.05, 4.69) is 0 Å². The summed E-state index contributed by atoms with van der Waals surface area (Å²) in [5.41, 5.74) is 0.865. The summed E-state index contributed by atoms with van der Waals surface area (Å²) in [6.07, 6.45) is 1.85. The van der Waals surface area contributed by atoms with Gasteiger partial charge in [0.15, 0.2) is 0 Å². The van der Waals surface area contributed by atoms with Gasteiger partial charge in [-0.05, 0) is 35.2 Å². The molecule has 0 aliphatic carbocycles. The largest absolute Gasteiger partial charge is 0.332 e. The number of rotatable bonds is 3. The molecule has 0 radical (unpaired) electrons. The average Bonchev–Trinajstić information content (AvgIpc) is 3.12. The number of halogens is 2. The molecular weight excluding hydrogens is 375 g/mol. The van der Waals surface area contributed by atoms with Crippen LogP contribution in [0.15, 0.2) is 60.0 Å². The van der Waals surface area contributed by atoms with Gasteiger partial charge >= 0.3 is 6.03 Å². The molecule has 0 spiro atoms. The van der Waals surface area contributed by atoms with Crippen LogP contribution in [0.5, 0.6) is 0 Å². The normalized spacial score (nSPS) is 22.1. The Labute approximate surface area is 159 Å². The van der Waals surface area contributed by atoms with Crippen LogP contribution in [0.2, 0.25) is 5.02 Å². The van der Waals surface area contributed by atoms with Crippen molar-refractivity contribution in [3.8, 4) is 0 Å². The highest BCUT2D eigenvalue weighted by atomic mass is 35.5. The number of benzene rings is 2. The van der Waals surface area contributed by atoms with Crippen LogP contribution in [0.4, 0.5) is 14.9 Å². The number of hydrogen-bond acceptors (Lipinski definition) is 3. The molecule has 2 aromatic rings. The van der Waals surface area contributed by atoms with Crippen LogP contribution in [0.3, 0.4) is 0 Å². The first-order valence-electron chi connectivity index (χ1n) is 8.02. The average molecular weight is 389 g/mol. The minimum absolute atomic E-state index is 0.0189. The SMILES string of the molecule is O=C1C2SC=CC2N(Cc2ccc(Cl)cc2)C(=O)N1c1ccccc1F. The summed E-state index contributed by atoms with van der Waals surface area (Å²) in [5.74, 6) is -0.998. The third-order valence-electron chi connectivity index (χ3n) is 4.43. The van der Waals surface area contributed by atoms with E-state index >= 15 is 0 Å². The van der Waals surface area contributed by atoms with Gasteiger partial charge in [0.05, 0.1) is 11.7 Å². The van der Waals surface area contributed by atoms with Crippen LogP contribution in [0.1, 0.15) is 5.56 Å². The van der Waals surface area contributed by atoms with Crippen LogP contribution in [0, 0.1) is 5.82 Å². The number of fused-ring (bicyclic) bond motifs is 1. The van der Waals surface area contributed by atoms with Crippen molar-refractivity contribution in [2.24, 2.45) is 0 Å². The summed E-state index contributed by atoms with van der Waals surface area (Å²) in [6, 6.07) is 12.1. The Hall–Kier alpha value is -2.31. The van der Waals surface area contributed by atoms with Crippen molar-refractivity contribution in [1.82, 2.24) is 4.90 Å². The summed E-state index contributed by atoms with van der Waals surface area (Å²) in [4.78, 5) is 28.5. The molecule has 0 bridgehead atoms. The number of urea groups is 1. The Morgan fingerprint density at radius 2 is 1.81 bits per heavy atom. The van der Waals surface area contributed by atoms with Crippen LogP contribution in [0.25, 0.3) is 0 Å². The molecule has 0 N–H and O–H groups in total. The smallest absolute Gasteiger partial charge is 0.312 e. The lowest BCUT2D eigenvalue weighted by atomic mass is 10.1. The topological polar surface area (TPSA) is 40.6 Å². The van der Waals surface area contributed by atoms with Crippen molar-refractivity contribution in [1.29, 1.82) is 0 Å². The monoisotopic (exact) mass is 388 g/mol. The Morgan fingerprint density at radius 3 is 2.54 bits per heavy atom. The van der Waals surface area contributed by atoms with Gasteiger partial charge in [-0.25, -0.2) is 14.1 Å². The summed E-state index contributed by atoms with van der Waals surface area (Å²) in [5, 5.41) is 1.95. The van der Waals surface area contributed by atoms with Gasteiger partial charge in [-0.2, -0.15) is 0 Å². The molecule has 2 unspecified atom stereocenters. The summed E-state index contributed by atoms with van der Waals surface area (Å²) in [6.45, 7) is 0.306. The first-order chi connectivity index (χ1) is 12.6. The second kappa shape index (κ2) is 6.78. The van der Waals surface area contributed by atoms with E-state index in [9.17, 15) is 14.0 Å². The molecule has 0 aromatic heterocycles. The molecule has 2 heterocycles. The van der Waals surface area contributed by atoms with E-state index in [4.69, 9.17) is 11.6 Å². The van der Waals surface area contributed by atoms with Crippen LogP contribution >= 0.6 is 23.4 Å². The number of imide groups is 1. The van der Waals surface area contributed by atoms with Crippen LogP contribution in [-0.2, 0) is 11.3 Å². The third-order valence-corrected chi connectivity index (χ3v) is 5.77. The standard InChI is InChI=1S/C19H14ClFN2O2S/c20-13-7-5-12(6-8-13)11-22-16-9-10-26-17(16)18(24)23(19(22)25)15-4-2-1-3-14(15)21/h1-10,16-17H,11H2. The van der Waals surface area contributed by atoms with Gasteiger partial charge in [0.2, 0.25) is 0 Å². The van der Waals surface area contributed by atoms with E-state index in [-0.39, 0.29) is 11.7 Å². The number of nitrogens with zero attached hydrogens (tertiary/aromatic N) is 2. The lowest BCUT2D eigenvalue weighted by molar-refractivity contribution is -0.119. The maximum Gasteiger partial charge on any atom is 0.332 e. The Kier molecular flexibility index (Phi) is 4.46. The van der Waals surface area contributed by atoms with Gasteiger partial charge in [0.1, 0.15) is 11.1 Å². The zero-order chi connectivity index (χ0) is 18.3. The number of carbonyl (C=O) groups is 2. The Balaban J connectivity index is 1.71. The van der Waals surface area contributed by atoms with Gasteiger partial charge in [0, 0.05) is 11.6 Å². The molecule has 26 heavy (non-hydrogen) atoms. The third kappa shape index (κ3) is 2.89. The molecular formula is C19H14ClFN2O2S. The van der Waals surface area contributed by atoms with Gasteiger partial charge in [-0.15, -0.1) is 11.8 Å². The number of carbonyl (C=O) groups excluding carboxylic acids is 2. The van der Waals surface area contributed by atoms with Crippen molar-refractivity contribution < 1.29 is 14.0 Å². The molecule has 7 heteroatoms. The van der Waals surface area contributed by atoms with E-state index in [0.29, 0.717) is 11.6 Å². The molecule has 132 valence electrons. The van der Waals surface area contributed by atoms with Crippen LogP contribution in [-0.4, -0.2) is 28.1 Å². The van der Waals surface area contributed by atoms with E-state index in [1.54, 1.807) is 23.1 Å². The summed E-state index contributed by atoms with van der Waals surface area (Å²) in [7, 11) is 0. The van der Waals surface area contributed by atoms with E-state index in [1.165, 1.54) is 30.0 Å². The predicted molar refractivity (Wildman–Crippen MR) is 101 cm³/mol. The molecule has 4 nitrogen and oxygen atoms in total. The van der Waals surface area contributed by atoms with Gasteiger partial charge < -0.3 is 4.90 Å². The molecule has 2 aliphatic rings. The van der Waals surface area contributed by atoms with E-state index < -0.39 is 23.0 Å². The number of anilines is 1. The highest BCUT2D eigenvalue weighted by molar-refractivity contribution is 8.03. The quantitative estimate of drug-likeness (QED) is 0.780. The number of hydrogen-bond donors (Lipinski definition) is 0. The van der Waals surface area contributed by atoms with Crippen molar-refractivity contribution >= 4 is 41.0 Å². The Bertz CT molecular complexity index is 903. The molecule has 2 aromatic carbocycles. The van der Waals surface area contributed by atoms with E-state index in [1.807, 2.05) is 23.6 Å².